The molecule has 4 nitrogen and oxygen atoms in total. The molecule has 15 heavy (non-hydrogen) atoms. The summed E-state index contributed by atoms with van der Waals surface area (Å²) in [5.41, 5.74) is 8.41. The summed E-state index contributed by atoms with van der Waals surface area (Å²) in [6.45, 7) is 1.98. The van der Waals surface area contributed by atoms with Crippen molar-refractivity contribution in [2.75, 3.05) is 12.8 Å². The highest BCUT2D eigenvalue weighted by Gasteiger charge is 2.07. The molecular formula is C11H13N3O. The molecule has 0 aliphatic rings. The fourth-order valence-corrected chi connectivity index (χ4v) is 1.51. The Morgan fingerprint density at radius 2 is 2.20 bits per heavy atom. The second-order valence-corrected chi connectivity index (χ2v) is 3.34. The predicted octanol–water partition coefficient (Wildman–Crippen LogP) is 1.77. The number of nitrogens with two attached hydrogens (primary N) is 1. The summed E-state index contributed by atoms with van der Waals surface area (Å²) in [6, 6.07) is 5.53. The zero-order valence-electron chi connectivity index (χ0n) is 8.77. The maximum atomic E-state index is 5.75. The minimum atomic E-state index is 0.707. The van der Waals surface area contributed by atoms with Crippen molar-refractivity contribution in [3.8, 4) is 11.4 Å². The molecule has 0 spiro atoms. The lowest BCUT2D eigenvalue weighted by atomic mass is 10.2. The third kappa shape index (κ3) is 1.66. The number of aryl methyl sites for hydroxylation is 1. The van der Waals surface area contributed by atoms with Crippen molar-refractivity contribution in [3.63, 3.8) is 0 Å². The minimum absolute atomic E-state index is 0.707. The van der Waals surface area contributed by atoms with E-state index in [0.29, 0.717) is 5.69 Å². The highest BCUT2D eigenvalue weighted by molar-refractivity contribution is 5.56. The van der Waals surface area contributed by atoms with Crippen LogP contribution in [0.1, 0.15) is 5.69 Å². The van der Waals surface area contributed by atoms with E-state index in [2.05, 4.69) is 4.98 Å². The molecule has 4 heteroatoms. The smallest absolute Gasteiger partial charge is 0.143 e. The average molecular weight is 203 g/mol. The predicted molar refractivity (Wildman–Crippen MR) is 59.3 cm³/mol. The Balaban J connectivity index is 2.60. The highest BCUT2D eigenvalue weighted by Crippen LogP contribution is 2.25. The minimum Gasteiger partial charge on any atom is -0.495 e. The van der Waals surface area contributed by atoms with Crippen molar-refractivity contribution in [1.82, 2.24) is 9.55 Å². The summed E-state index contributed by atoms with van der Waals surface area (Å²) >= 11 is 0. The zero-order valence-corrected chi connectivity index (χ0v) is 8.77. The van der Waals surface area contributed by atoms with Crippen molar-refractivity contribution in [2.24, 2.45) is 0 Å². The van der Waals surface area contributed by atoms with E-state index in [1.165, 1.54) is 0 Å². The number of methoxy groups -OCH3 is 1. The third-order valence-corrected chi connectivity index (χ3v) is 2.29. The van der Waals surface area contributed by atoms with Crippen molar-refractivity contribution < 1.29 is 4.74 Å². The Labute approximate surface area is 88.3 Å². The summed E-state index contributed by atoms with van der Waals surface area (Å²) < 4.78 is 7.21. The standard InChI is InChI=1S/C11H13N3O/c1-8-6-13-7-14(8)10-5-9(12)3-4-11(10)15-2/h3-7H,12H2,1-2H3. The van der Waals surface area contributed by atoms with E-state index >= 15 is 0 Å². The number of hydrogen-bond acceptors (Lipinski definition) is 3. The molecule has 2 aromatic rings. The Morgan fingerprint density at radius 3 is 2.80 bits per heavy atom. The van der Waals surface area contributed by atoms with Crippen LogP contribution in [0.5, 0.6) is 5.75 Å². The van der Waals surface area contributed by atoms with Crippen LogP contribution in [0.15, 0.2) is 30.7 Å². The Kier molecular flexibility index (Phi) is 2.33. The largest absolute Gasteiger partial charge is 0.495 e. The fraction of sp³-hybridized carbons (Fsp3) is 0.182. The van der Waals surface area contributed by atoms with Gasteiger partial charge >= 0.3 is 0 Å². The monoisotopic (exact) mass is 203 g/mol. The van der Waals surface area contributed by atoms with Gasteiger partial charge in [0.2, 0.25) is 0 Å². The van der Waals surface area contributed by atoms with Crippen LogP contribution in [0.4, 0.5) is 5.69 Å². The molecule has 0 saturated heterocycles. The second kappa shape index (κ2) is 3.65. The van der Waals surface area contributed by atoms with Gasteiger partial charge in [0.25, 0.3) is 0 Å². The number of rotatable bonds is 2. The first-order valence-corrected chi connectivity index (χ1v) is 4.65. The molecular weight excluding hydrogens is 190 g/mol. The maximum Gasteiger partial charge on any atom is 0.143 e. The topological polar surface area (TPSA) is 53.1 Å². The fourth-order valence-electron chi connectivity index (χ4n) is 1.51. The number of anilines is 1. The lowest BCUT2D eigenvalue weighted by Crippen LogP contribution is -1.99. The van der Waals surface area contributed by atoms with E-state index in [4.69, 9.17) is 10.5 Å². The van der Waals surface area contributed by atoms with E-state index in [1.807, 2.05) is 29.7 Å². The lowest BCUT2D eigenvalue weighted by molar-refractivity contribution is 0.413. The first-order valence-electron chi connectivity index (χ1n) is 4.65. The quantitative estimate of drug-likeness (QED) is 0.757. The molecule has 0 bridgehead atoms. The number of hydrogen-bond donors (Lipinski definition) is 1. The molecule has 2 rings (SSSR count). The molecule has 0 radical (unpaired) electrons. The van der Waals surface area contributed by atoms with Crippen LogP contribution in [0.2, 0.25) is 0 Å². The number of nitrogen functional groups attached to an aromatic ring is 1. The van der Waals surface area contributed by atoms with E-state index in [0.717, 1.165) is 17.1 Å². The maximum absolute atomic E-state index is 5.75. The first-order chi connectivity index (χ1) is 7.22. The molecule has 1 aromatic heterocycles. The summed E-state index contributed by atoms with van der Waals surface area (Å²) in [5, 5.41) is 0. The molecule has 0 aliphatic heterocycles. The Hall–Kier alpha value is -1.97. The van der Waals surface area contributed by atoms with Crippen molar-refractivity contribution in [3.05, 3.63) is 36.4 Å². The summed E-state index contributed by atoms with van der Waals surface area (Å²) in [5.74, 6) is 0.783. The molecule has 1 aromatic carbocycles. The molecule has 0 aliphatic carbocycles. The number of benzene rings is 1. The number of nitrogens with zero attached hydrogens (tertiary/aromatic N) is 2. The van der Waals surface area contributed by atoms with E-state index in [1.54, 1.807) is 19.6 Å². The van der Waals surface area contributed by atoms with Crippen LogP contribution in [0, 0.1) is 6.92 Å². The zero-order chi connectivity index (χ0) is 10.8. The normalized spacial score (nSPS) is 10.3. The number of ether oxygens (including phenoxy) is 1. The van der Waals surface area contributed by atoms with Gasteiger partial charge in [-0.05, 0) is 25.1 Å². The van der Waals surface area contributed by atoms with Crippen LogP contribution in [-0.4, -0.2) is 16.7 Å². The summed E-state index contributed by atoms with van der Waals surface area (Å²) in [4.78, 5) is 4.07. The number of aromatic nitrogens is 2. The molecule has 0 atom stereocenters. The van der Waals surface area contributed by atoms with E-state index in [-0.39, 0.29) is 0 Å². The molecule has 0 saturated carbocycles. The molecule has 2 N–H and O–H groups in total. The molecule has 0 fully saturated rings. The van der Waals surface area contributed by atoms with Crippen LogP contribution < -0.4 is 10.5 Å². The van der Waals surface area contributed by atoms with Crippen molar-refractivity contribution in [2.45, 2.75) is 6.92 Å². The molecule has 0 unspecified atom stereocenters. The highest BCUT2D eigenvalue weighted by atomic mass is 16.5. The Morgan fingerprint density at radius 1 is 1.40 bits per heavy atom. The first kappa shape index (κ1) is 9.58. The van der Waals surface area contributed by atoms with Gasteiger partial charge in [0.1, 0.15) is 5.75 Å². The van der Waals surface area contributed by atoms with Crippen LogP contribution in [-0.2, 0) is 0 Å². The van der Waals surface area contributed by atoms with Crippen LogP contribution in [0.3, 0.4) is 0 Å². The molecule has 78 valence electrons. The SMILES string of the molecule is COc1ccc(N)cc1-n1cncc1C. The summed E-state index contributed by atoms with van der Waals surface area (Å²) in [6.07, 6.45) is 3.54. The van der Waals surface area contributed by atoms with Gasteiger partial charge < -0.3 is 10.5 Å². The molecule has 0 amide bonds. The second-order valence-electron chi connectivity index (χ2n) is 3.34. The van der Waals surface area contributed by atoms with Gasteiger partial charge in [0.15, 0.2) is 0 Å². The van der Waals surface area contributed by atoms with E-state index in [9.17, 15) is 0 Å². The lowest BCUT2D eigenvalue weighted by Gasteiger charge is -2.11. The van der Waals surface area contributed by atoms with Crippen molar-refractivity contribution >= 4 is 5.69 Å². The van der Waals surface area contributed by atoms with Crippen LogP contribution in [0.25, 0.3) is 5.69 Å². The van der Waals surface area contributed by atoms with Crippen LogP contribution >= 0.6 is 0 Å². The number of imidazole rings is 1. The van der Waals surface area contributed by atoms with Gasteiger partial charge in [0, 0.05) is 17.6 Å². The van der Waals surface area contributed by atoms with Gasteiger partial charge in [0.05, 0.1) is 19.1 Å². The molecule has 1 heterocycles. The van der Waals surface area contributed by atoms with Crippen molar-refractivity contribution in [1.29, 1.82) is 0 Å². The van der Waals surface area contributed by atoms with Gasteiger partial charge in [-0.25, -0.2) is 4.98 Å². The van der Waals surface area contributed by atoms with Gasteiger partial charge in [-0.3, -0.25) is 4.57 Å². The summed E-state index contributed by atoms with van der Waals surface area (Å²) in [7, 11) is 1.64. The van der Waals surface area contributed by atoms with E-state index < -0.39 is 0 Å². The van der Waals surface area contributed by atoms with Gasteiger partial charge in [-0.2, -0.15) is 0 Å². The van der Waals surface area contributed by atoms with Gasteiger partial charge in [-0.1, -0.05) is 0 Å². The average Bonchev–Trinajstić information content (AvgIpc) is 2.64. The third-order valence-electron chi connectivity index (χ3n) is 2.29. The Bertz CT molecular complexity index is 476. The van der Waals surface area contributed by atoms with Gasteiger partial charge in [-0.15, -0.1) is 0 Å².